The second kappa shape index (κ2) is 10.1. The van der Waals surface area contributed by atoms with Gasteiger partial charge in [0.15, 0.2) is 0 Å². The second-order valence-electron chi connectivity index (χ2n) is 8.02. The molecule has 1 aliphatic heterocycles. The number of aryl methyl sites for hydroxylation is 2. The van der Waals surface area contributed by atoms with Gasteiger partial charge < -0.3 is 16.0 Å². The quantitative estimate of drug-likeness (QED) is 0.747. The highest BCUT2D eigenvalue weighted by Gasteiger charge is 2.25. The van der Waals surface area contributed by atoms with Crippen molar-refractivity contribution in [2.45, 2.75) is 45.1 Å². The van der Waals surface area contributed by atoms with Gasteiger partial charge in [0.05, 0.1) is 12.5 Å². The summed E-state index contributed by atoms with van der Waals surface area (Å²) in [5.41, 5.74) is 8.89. The molecular weight excluding hydrogens is 362 g/mol. The minimum absolute atomic E-state index is 0.0737. The summed E-state index contributed by atoms with van der Waals surface area (Å²) in [5.74, 6) is 0.735. The van der Waals surface area contributed by atoms with Gasteiger partial charge in [-0.05, 0) is 49.7 Å². The van der Waals surface area contributed by atoms with Crippen LogP contribution < -0.4 is 11.1 Å². The van der Waals surface area contributed by atoms with E-state index in [1.54, 1.807) is 0 Å². The molecule has 1 fully saturated rings. The molecule has 0 aliphatic carbocycles. The van der Waals surface area contributed by atoms with Crippen LogP contribution in [0.15, 0.2) is 54.6 Å². The van der Waals surface area contributed by atoms with Crippen molar-refractivity contribution >= 4 is 11.9 Å². The van der Waals surface area contributed by atoms with Crippen molar-refractivity contribution in [1.82, 2.24) is 10.2 Å². The number of nitrogens with zero attached hydrogens (tertiary/aromatic N) is 1. The van der Waals surface area contributed by atoms with Gasteiger partial charge in [-0.3, -0.25) is 4.79 Å². The number of carbonyl (C=O) groups is 2. The van der Waals surface area contributed by atoms with E-state index < -0.39 is 6.03 Å². The van der Waals surface area contributed by atoms with E-state index in [4.69, 9.17) is 5.73 Å². The average Bonchev–Trinajstić information content (AvgIpc) is 2.73. The number of rotatable bonds is 7. The first kappa shape index (κ1) is 20.9. The molecular formula is C24H31N3O2. The van der Waals surface area contributed by atoms with E-state index in [9.17, 15) is 9.59 Å². The number of hydrogen-bond acceptors (Lipinski definition) is 2. The minimum atomic E-state index is -0.610. The predicted octanol–water partition coefficient (Wildman–Crippen LogP) is 3.97. The van der Waals surface area contributed by atoms with Gasteiger partial charge in [0.2, 0.25) is 5.91 Å². The standard InChI is InChI=1S/C24H31N3O2/c1-18-7-9-19(10-8-18)11-12-20-13-15-27(16-14-20)23(28)17-22(26-24(25)29)21-5-3-2-4-6-21/h2-10,20,22H,11-17H2,1H3,(H3,25,26,29). The van der Waals surface area contributed by atoms with Crippen LogP contribution in [0.25, 0.3) is 0 Å². The van der Waals surface area contributed by atoms with Gasteiger partial charge in [0, 0.05) is 13.1 Å². The number of amides is 3. The number of benzene rings is 2. The lowest BCUT2D eigenvalue weighted by molar-refractivity contribution is -0.133. The smallest absolute Gasteiger partial charge is 0.312 e. The molecule has 3 N–H and O–H groups in total. The maximum Gasteiger partial charge on any atom is 0.312 e. The van der Waals surface area contributed by atoms with E-state index >= 15 is 0 Å². The number of urea groups is 1. The highest BCUT2D eigenvalue weighted by Crippen LogP contribution is 2.25. The van der Waals surface area contributed by atoms with Crippen molar-refractivity contribution in [1.29, 1.82) is 0 Å². The molecule has 1 atom stereocenters. The zero-order valence-corrected chi connectivity index (χ0v) is 17.1. The average molecular weight is 394 g/mol. The number of nitrogens with two attached hydrogens (primary N) is 1. The summed E-state index contributed by atoms with van der Waals surface area (Å²) in [4.78, 5) is 26.1. The molecule has 1 saturated heterocycles. The fourth-order valence-electron chi connectivity index (χ4n) is 4.01. The Morgan fingerprint density at radius 3 is 2.34 bits per heavy atom. The van der Waals surface area contributed by atoms with Gasteiger partial charge >= 0.3 is 6.03 Å². The highest BCUT2D eigenvalue weighted by atomic mass is 16.2. The Balaban J connectivity index is 1.48. The molecule has 0 spiro atoms. The molecule has 2 aromatic carbocycles. The number of likely N-dealkylation sites (tertiary alicyclic amines) is 1. The normalized spacial score (nSPS) is 15.7. The van der Waals surface area contributed by atoms with Crippen LogP contribution in [0.4, 0.5) is 4.79 Å². The van der Waals surface area contributed by atoms with Crippen LogP contribution in [0.1, 0.15) is 48.4 Å². The van der Waals surface area contributed by atoms with Crippen LogP contribution in [0.5, 0.6) is 0 Å². The lowest BCUT2D eigenvalue weighted by Crippen LogP contribution is -2.41. The summed E-state index contributed by atoms with van der Waals surface area (Å²) in [6, 6.07) is 17.3. The summed E-state index contributed by atoms with van der Waals surface area (Å²) >= 11 is 0. The van der Waals surface area contributed by atoms with Crippen LogP contribution in [0.2, 0.25) is 0 Å². The van der Waals surface area contributed by atoms with Crippen molar-refractivity contribution in [3.05, 3.63) is 71.3 Å². The topological polar surface area (TPSA) is 75.4 Å². The molecule has 1 aliphatic rings. The third-order valence-corrected chi connectivity index (χ3v) is 5.83. The largest absolute Gasteiger partial charge is 0.352 e. The summed E-state index contributed by atoms with van der Waals surface area (Å²) in [6.45, 7) is 3.68. The van der Waals surface area contributed by atoms with Crippen LogP contribution in [0, 0.1) is 12.8 Å². The Morgan fingerprint density at radius 1 is 1.07 bits per heavy atom. The summed E-state index contributed by atoms with van der Waals surface area (Å²) in [5, 5.41) is 2.71. The van der Waals surface area contributed by atoms with Crippen molar-refractivity contribution in [2.75, 3.05) is 13.1 Å². The van der Waals surface area contributed by atoms with E-state index in [2.05, 4.69) is 36.5 Å². The molecule has 5 heteroatoms. The maximum atomic E-state index is 12.8. The number of nitrogens with one attached hydrogen (secondary N) is 1. The van der Waals surface area contributed by atoms with Gasteiger partial charge in [0.25, 0.3) is 0 Å². The van der Waals surface area contributed by atoms with Crippen molar-refractivity contribution < 1.29 is 9.59 Å². The van der Waals surface area contributed by atoms with Gasteiger partial charge in [-0.2, -0.15) is 0 Å². The molecule has 3 rings (SSSR count). The monoisotopic (exact) mass is 393 g/mol. The first-order valence-corrected chi connectivity index (χ1v) is 10.5. The first-order chi connectivity index (χ1) is 14.0. The zero-order valence-electron chi connectivity index (χ0n) is 17.1. The number of hydrogen-bond donors (Lipinski definition) is 2. The Morgan fingerprint density at radius 2 is 1.72 bits per heavy atom. The fourth-order valence-corrected chi connectivity index (χ4v) is 4.01. The second-order valence-corrected chi connectivity index (χ2v) is 8.02. The minimum Gasteiger partial charge on any atom is -0.352 e. The Bertz CT molecular complexity index is 797. The molecule has 1 heterocycles. The molecule has 3 amide bonds. The van der Waals surface area contributed by atoms with E-state index in [1.807, 2.05) is 35.2 Å². The maximum absolute atomic E-state index is 12.8. The molecule has 29 heavy (non-hydrogen) atoms. The third kappa shape index (κ3) is 6.34. The lowest BCUT2D eigenvalue weighted by Gasteiger charge is -2.33. The van der Waals surface area contributed by atoms with Crippen molar-refractivity contribution in [3.63, 3.8) is 0 Å². The molecule has 0 radical (unpaired) electrons. The van der Waals surface area contributed by atoms with Gasteiger partial charge in [-0.25, -0.2) is 4.79 Å². The number of primary amides is 1. The molecule has 2 aromatic rings. The molecule has 154 valence electrons. The van der Waals surface area contributed by atoms with E-state index in [-0.39, 0.29) is 18.4 Å². The lowest BCUT2D eigenvalue weighted by atomic mass is 9.90. The summed E-state index contributed by atoms with van der Waals surface area (Å²) in [6.07, 6.45) is 4.58. The highest BCUT2D eigenvalue weighted by molar-refractivity contribution is 5.79. The van der Waals surface area contributed by atoms with Crippen LogP contribution in [0.3, 0.4) is 0 Å². The van der Waals surface area contributed by atoms with Crippen LogP contribution in [-0.2, 0) is 11.2 Å². The molecule has 0 aromatic heterocycles. The van der Waals surface area contributed by atoms with E-state index in [0.29, 0.717) is 5.92 Å². The Kier molecular flexibility index (Phi) is 7.28. The molecule has 5 nitrogen and oxygen atoms in total. The van der Waals surface area contributed by atoms with Crippen LogP contribution in [-0.4, -0.2) is 29.9 Å². The number of piperidine rings is 1. The van der Waals surface area contributed by atoms with Crippen LogP contribution >= 0.6 is 0 Å². The summed E-state index contributed by atoms with van der Waals surface area (Å²) < 4.78 is 0. The molecule has 0 saturated carbocycles. The Labute approximate surface area is 173 Å². The van der Waals surface area contributed by atoms with Gasteiger partial charge in [-0.15, -0.1) is 0 Å². The zero-order chi connectivity index (χ0) is 20.6. The first-order valence-electron chi connectivity index (χ1n) is 10.5. The SMILES string of the molecule is Cc1ccc(CCC2CCN(C(=O)CC(NC(N)=O)c3ccccc3)CC2)cc1. The molecule has 0 bridgehead atoms. The Hall–Kier alpha value is -2.82. The van der Waals surface area contributed by atoms with E-state index in [1.165, 1.54) is 17.5 Å². The fraction of sp³-hybridized carbons (Fsp3) is 0.417. The molecule has 1 unspecified atom stereocenters. The van der Waals surface area contributed by atoms with Crippen molar-refractivity contribution in [3.8, 4) is 0 Å². The third-order valence-electron chi connectivity index (χ3n) is 5.83. The van der Waals surface area contributed by atoms with Gasteiger partial charge in [0.1, 0.15) is 0 Å². The van der Waals surface area contributed by atoms with Gasteiger partial charge in [-0.1, -0.05) is 60.2 Å². The van der Waals surface area contributed by atoms with Crippen molar-refractivity contribution in [2.24, 2.45) is 11.7 Å². The summed E-state index contributed by atoms with van der Waals surface area (Å²) in [7, 11) is 0. The predicted molar refractivity (Wildman–Crippen MR) is 115 cm³/mol. The number of carbonyl (C=O) groups excluding carboxylic acids is 2. The van der Waals surface area contributed by atoms with E-state index in [0.717, 1.165) is 37.9 Å².